The summed E-state index contributed by atoms with van der Waals surface area (Å²) in [5.41, 5.74) is 3.55. The molecule has 1 saturated heterocycles. The molecule has 1 aromatic rings. The molecule has 0 atom stereocenters. The number of aromatic nitrogens is 1. The number of hydrazine groups is 1. The van der Waals surface area contributed by atoms with Crippen molar-refractivity contribution < 1.29 is 4.74 Å². The second kappa shape index (κ2) is 5.07. The fourth-order valence-corrected chi connectivity index (χ4v) is 2.97. The maximum absolute atomic E-state index is 6.09. The lowest BCUT2D eigenvalue weighted by atomic mass is 9.98. The summed E-state index contributed by atoms with van der Waals surface area (Å²) in [5, 5.41) is 0. The predicted molar refractivity (Wildman–Crippen MR) is 76.6 cm³/mol. The van der Waals surface area contributed by atoms with Crippen LogP contribution >= 0.6 is 0 Å². The van der Waals surface area contributed by atoms with Crippen molar-refractivity contribution in [3.63, 3.8) is 0 Å². The number of morpholine rings is 1. The van der Waals surface area contributed by atoms with E-state index in [0.717, 1.165) is 19.6 Å². The summed E-state index contributed by atoms with van der Waals surface area (Å²) in [7, 11) is 0. The molecule has 1 aliphatic rings. The molecule has 106 valence electrons. The average molecular weight is 264 g/mol. The average Bonchev–Trinajstić information content (AvgIpc) is 2.24. The molecule has 0 bridgehead atoms. The number of nitrogens with one attached hydrogen (secondary N) is 1. The third kappa shape index (κ3) is 3.89. The normalized spacial score (nSPS) is 22.2. The molecule has 1 fully saturated rings. The van der Waals surface area contributed by atoms with Crippen LogP contribution in [-0.4, -0.2) is 34.2 Å². The van der Waals surface area contributed by atoms with Crippen LogP contribution in [0.4, 0.5) is 5.82 Å². The van der Waals surface area contributed by atoms with Crippen LogP contribution < -0.4 is 11.3 Å². The van der Waals surface area contributed by atoms with Gasteiger partial charge in [0.2, 0.25) is 0 Å². The van der Waals surface area contributed by atoms with E-state index >= 15 is 0 Å². The van der Waals surface area contributed by atoms with Crippen molar-refractivity contribution >= 4 is 5.82 Å². The summed E-state index contributed by atoms with van der Waals surface area (Å²) in [5.74, 6) is 6.09. The molecule has 5 nitrogen and oxygen atoms in total. The number of pyridine rings is 1. The van der Waals surface area contributed by atoms with E-state index in [4.69, 9.17) is 10.6 Å². The molecule has 5 heteroatoms. The summed E-state index contributed by atoms with van der Waals surface area (Å²) >= 11 is 0. The second-order valence-electron chi connectivity index (χ2n) is 6.46. The summed E-state index contributed by atoms with van der Waals surface area (Å²) in [6.45, 7) is 11.3. The Kier molecular flexibility index (Phi) is 3.80. The van der Waals surface area contributed by atoms with Crippen molar-refractivity contribution in [2.24, 2.45) is 5.84 Å². The Morgan fingerprint density at radius 2 is 1.95 bits per heavy atom. The Balaban J connectivity index is 2.09. The van der Waals surface area contributed by atoms with Crippen molar-refractivity contribution in [3.8, 4) is 0 Å². The highest BCUT2D eigenvalue weighted by Crippen LogP contribution is 2.29. The highest BCUT2D eigenvalue weighted by molar-refractivity contribution is 5.35. The smallest absolute Gasteiger partial charge is 0.140 e. The highest BCUT2D eigenvalue weighted by atomic mass is 16.5. The molecule has 0 spiro atoms. The van der Waals surface area contributed by atoms with Gasteiger partial charge in [0.15, 0.2) is 0 Å². The van der Waals surface area contributed by atoms with E-state index in [0.29, 0.717) is 5.82 Å². The molecule has 1 aromatic heterocycles. The van der Waals surface area contributed by atoms with E-state index in [1.54, 1.807) is 6.20 Å². The molecule has 0 unspecified atom stereocenters. The zero-order valence-electron chi connectivity index (χ0n) is 12.2. The fraction of sp³-hybridized carbons (Fsp3) is 0.643. The molecule has 0 aliphatic carbocycles. The van der Waals surface area contributed by atoms with Gasteiger partial charge in [0.1, 0.15) is 5.82 Å². The molecular weight excluding hydrogens is 240 g/mol. The lowest BCUT2D eigenvalue weighted by Gasteiger charge is -2.47. The number of anilines is 1. The van der Waals surface area contributed by atoms with Gasteiger partial charge in [-0.05, 0) is 45.4 Å². The number of ether oxygens (including phenoxy) is 1. The number of rotatable bonds is 3. The van der Waals surface area contributed by atoms with Gasteiger partial charge in [-0.1, -0.05) is 0 Å². The summed E-state index contributed by atoms with van der Waals surface area (Å²) in [6, 6.07) is 4.01. The van der Waals surface area contributed by atoms with Gasteiger partial charge in [-0.2, -0.15) is 0 Å². The minimum atomic E-state index is -0.121. The van der Waals surface area contributed by atoms with Gasteiger partial charge in [-0.25, -0.2) is 10.8 Å². The largest absolute Gasteiger partial charge is 0.367 e. The molecule has 3 N–H and O–H groups in total. The lowest BCUT2D eigenvalue weighted by molar-refractivity contribution is -0.182. The van der Waals surface area contributed by atoms with E-state index in [2.05, 4.69) is 43.0 Å². The van der Waals surface area contributed by atoms with Gasteiger partial charge < -0.3 is 10.2 Å². The molecule has 2 rings (SSSR count). The maximum Gasteiger partial charge on any atom is 0.140 e. The van der Waals surface area contributed by atoms with Crippen molar-refractivity contribution in [2.45, 2.75) is 45.4 Å². The molecule has 0 amide bonds. The van der Waals surface area contributed by atoms with Crippen LogP contribution in [0, 0.1) is 0 Å². The molecule has 0 saturated carbocycles. The lowest BCUT2D eigenvalue weighted by Crippen LogP contribution is -2.56. The summed E-state index contributed by atoms with van der Waals surface area (Å²) < 4.78 is 6.09. The van der Waals surface area contributed by atoms with Crippen LogP contribution in [0.2, 0.25) is 0 Å². The zero-order chi connectivity index (χ0) is 14.1. The molecule has 1 aliphatic heterocycles. The third-order valence-electron chi connectivity index (χ3n) is 3.14. The van der Waals surface area contributed by atoms with E-state index in [9.17, 15) is 0 Å². The van der Waals surface area contributed by atoms with Gasteiger partial charge >= 0.3 is 0 Å². The minimum Gasteiger partial charge on any atom is -0.367 e. The summed E-state index contributed by atoms with van der Waals surface area (Å²) in [4.78, 5) is 6.54. The van der Waals surface area contributed by atoms with Crippen LogP contribution in [0.3, 0.4) is 0 Å². The van der Waals surface area contributed by atoms with E-state index < -0.39 is 0 Å². The van der Waals surface area contributed by atoms with Crippen LogP contribution in [0.5, 0.6) is 0 Å². The highest BCUT2D eigenvalue weighted by Gasteiger charge is 2.37. The van der Waals surface area contributed by atoms with Gasteiger partial charge in [0.25, 0.3) is 0 Å². The van der Waals surface area contributed by atoms with Crippen LogP contribution in [0.1, 0.15) is 33.3 Å². The van der Waals surface area contributed by atoms with Gasteiger partial charge in [0, 0.05) is 25.8 Å². The van der Waals surface area contributed by atoms with Gasteiger partial charge in [0.05, 0.1) is 11.2 Å². The van der Waals surface area contributed by atoms with Gasteiger partial charge in [-0.15, -0.1) is 0 Å². The first kappa shape index (κ1) is 14.2. The number of hydrogen-bond acceptors (Lipinski definition) is 5. The predicted octanol–water partition coefficient (Wildman–Crippen LogP) is 1.76. The van der Waals surface area contributed by atoms with Crippen molar-refractivity contribution in [3.05, 3.63) is 23.9 Å². The third-order valence-corrected chi connectivity index (χ3v) is 3.14. The molecule has 19 heavy (non-hydrogen) atoms. The summed E-state index contributed by atoms with van der Waals surface area (Å²) in [6.07, 6.45) is 1.78. The van der Waals surface area contributed by atoms with Gasteiger partial charge in [-0.3, -0.25) is 4.90 Å². The van der Waals surface area contributed by atoms with Crippen molar-refractivity contribution in [1.82, 2.24) is 9.88 Å². The quantitative estimate of drug-likeness (QED) is 0.643. The maximum atomic E-state index is 6.09. The molecule has 0 radical (unpaired) electrons. The topological polar surface area (TPSA) is 63.4 Å². The first-order valence-corrected chi connectivity index (χ1v) is 6.64. The Morgan fingerprint density at radius 3 is 2.53 bits per heavy atom. The first-order chi connectivity index (χ1) is 8.80. The second-order valence-corrected chi connectivity index (χ2v) is 6.46. The van der Waals surface area contributed by atoms with E-state index in [1.165, 1.54) is 5.56 Å². The Morgan fingerprint density at radius 1 is 1.32 bits per heavy atom. The first-order valence-electron chi connectivity index (χ1n) is 6.64. The standard InChI is InChI=1S/C14H24N4O/c1-13(2)9-18(10-14(3,4)19-13)8-11-5-6-16-12(7-11)17-15/h5-7H,8-10,15H2,1-4H3,(H,16,17). The number of nitrogens with zero attached hydrogens (tertiary/aromatic N) is 2. The number of nitrogen functional groups attached to an aromatic ring is 1. The van der Waals surface area contributed by atoms with Crippen molar-refractivity contribution in [2.75, 3.05) is 18.5 Å². The Bertz CT molecular complexity index is 429. The number of nitrogens with two attached hydrogens (primary N) is 1. The zero-order valence-corrected chi connectivity index (χ0v) is 12.2. The fourth-order valence-electron chi connectivity index (χ4n) is 2.97. The van der Waals surface area contributed by atoms with Crippen molar-refractivity contribution in [1.29, 1.82) is 0 Å². The van der Waals surface area contributed by atoms with Crippen LogP contribution in [0.25, 0.3) is 0 Å². The molecular formula is C14H24N4O. The SMILES string of the molecule is CC1(C)CN(Cc2ccnc(NN)c2)CC(C)(C)O1. The Labute approximate surface area is 115 Å². The molecule has 0 aromatic carbocycles. The van der Waals surface area contributed by atoms with E-state index in [1.807, 2.05) is 12.1 Å². The van der Waals surface area contributed by atoms with E-state index in [-0.39, 0.29) is 11.2 Å². The monoisotopic (exact) mass is 264 g/mol. The van der Waals surface area contributed by atoms with Crippen LogP contribution in [-0.2, 0) is 11.3 Å². The molecule has 2 heterocycles. The Hall–Kier alpha value is -1.17. The van der Waals surface area contributed by atoms with Crippen LogP contribution in [0.15, 0.2) is 18.3 Å². The minimum absolute atomic E-state index is 0.121. The number of hydrogen-bond donors (Lipinski definition) is 2.